The minimum absolute atomic E-state index is 0.0186. The van der Waals surface area contributed by atoms with E-state index in [0.717, 1.165) is 6.54 Å². The summed E-state index contributed by atoms with van der Waals surface area (Å²) >= 11 is 0. The molecule has 1 unspecified atom stereocenters. The number of fused-ring (bicyclic) bond motifs is 1. The highest BCUT2D eigenvalue weighted by Crippen LogP contribution is 2.32. The second-order valence-corrected chi connectivity index (χ2v) is 4.91. The molecule has 1 atom stereocenters. The number of ether oxygens (including phenoxy) is 2. The molecule has 2 aliphatic rings. The number of rotatable bonds is 2. The number of halogens is 1. The summed E-state index contributed by atoms with van der Waals surface area (Å²) in [6, 6.07) is 4.24. The zero-order chi connectivity index (χ0) is 13.9. The Hall–Kier alpha value is -1.66. The minimum atomic E-state index is -0.363. The highest BCUT2D eigenvalue weighted by Gasteiger charge is 2.27. The molecule has 3 rings (SSSR count). The molecule has 1 aromatic rings. The molecule has 0 aliphatic carbocycles. The first kappa shape index (κ1) is 13.3. The Morgan fingerprint density at radius 2 is 2.35 bits per heavy atom. The largest absolute Gasteiger partial charge is 0.489 e. The molecule has 1 fully saturated rings. The SMILES string of the molecule is O=C(CC1CNCCO1)N1CCOc2cc(F)ccc21. The molecule has 6 heteroatoms. The maximum absolute atomic E-state index is 13.2. The molecule has 0 spiro atoms. The maximum atomic E-state index is 13.2. The first-order valence-corrected chi connectivity index (χ1v) is 6.79. The third-order valence-electron chi connectivity index (χ3n) is 3.49. The lowest BCUT2D eigenvalue weighted by Crippen LogP contribution is -2.44. The van der Waals surface area contributed by atoms with E-state index < -0.39 is 0 Å². The van der Waals surface area contributed by atoms with Crippen molar-refractivity contribution in [3.05, 3.63) is 24.0 Å². The number of carbonyl (C=O) groups is 1. The van der Waals surface area contributed by atoms with Crippen LogP contribution in [0.4, 0.5) is 10.1 Å². The van der Waals surface area contributed by atoms with E-state index in [4.69, 9.17) is 9.47 Å². The van der Waals surface area contributed by atoms with Crippen LogP contribution in [0.2, 0.25) is 0 Å². The second kappa shape index (κ2) is 5.76. The van der Waals surface area contributed by atoms with E-state index in [1.165, 1.54) is 12.1 Å². The van der Waals surface area contributed by atoms with Crippen molar-refractivity contribution in [2.24, 2.45) is 0 Å². The van der Waals surface area contributed by atoms with E-state index in [2.05, 4.69) is 5.32 Å². The fourth-order valence-corrected chi connectivity index (χ4v) is 2.51. The fourth-order valence-electron chi connectivity index (χ4n) is 2.51. The summed E-state index contributed by atoms with van der Waals surface area (Å²) in [5, 5.41) is 3.20. The van der Waals surface area contributed by atoms with Crippen molar-refractivity contribution < 1.29 is 18.7 Å². The molecule has 0 radical (unpaired) electrons. The van der Waals surface area contributed by atoms with E-state index in [1.807, 2.05) is 0 Å². The van der Waals surface area contributed by atoms with Crippen LogP contribution in [0.1, 0.15) is 6.42 Å². The van der Waals surface area contributed by atoms with E-state index in [9.17, 15) is 9.18 Å². The first-order chi connectivity index (χ1) is 9.74. The Morgan fingerprint density at radius 1 is 1.45 bits per heavy atom. The van der Waals surface area contributed by atoms with Crippen LogP contribution in [0.5, 0.6) is 5.75 Å². The lowest BCUT2D eigenvalue weighted by Gasteiger charge is -2.31. The summed E-state index contributed by atoms with van der Waals surface area (Å²) in [6.45, 7) is 3.00. The van der Waals surface area contributed by atoms with Crippen molar-refractivity contribution in [2.45, 2.75) is 12.5 Å². The molecule has 2 heterocycles. The molecule has 1 N–H and O–H groups in total. The standard InChI is InChI=1S/C14H17FN2O3/c15-10-1-2-12-13(7-10)20-6-4-17(12)14(18)8-11-9-16-3-5-19-11/h1-2,7,11,16H,3-6,8-9H2. The summed E-state index contributed by atoms with van der Waals surface area (Å²) in [5.41, 5.74) is 0.631. The number of benzene rings is 1. The van der Waals surface area contributed by atoms with Gasteiger partial charge in [-0.15, -0.1) is 0 Å². The van der Waals surface area contributed by atoms with E-state index in [0.29, 0.717) is 44.2 Å². The van der Waals surface area contributed by atoms with Gasteiger partial charge in [-0.3, -0.25) is 4.79 Å². The number of carbonyl (C=O) groups excluding carboxylic acids is 1. The highest BCUT2D eigenvalue weighted by molar-refractivity contribution is 5.95. The number of nitrogens with zero attached hydrogens (tertiary/aromatic N) is 1. The van der Waals surface area contributed by atoms with Gasteiger partial charge in [0.05, 0.1) is 31.4 Å². The van der Waals surface area contributed by atoms with Crippen LogP contribution >= 0.6 is 0 Å². The first-order valence-electron chi connectivity index (χ1n) is 6.79. The van der Waals surface area contributed by atoms with Crippen molar-refractivity contribution in [3.8, 4) is 5.75 Å². The molecule has 0 aromatic heterocycles. The smallest absolute Gasteiger partial charge is 0.229 e. The maximum Gasteiger partial charge on any atom is 0.229 e. The Balaban J connectivity index is 1.72. The topological polar surface area (TPSA) is 50.8 Å². The lowest BCUT2D eigenvalue weighted by molar-refractivity contribution is -0.122. The third-order valence-corrected chi connectivity index (χ3v) is 3.49. The average molecular weight is 280 g/mol. The number of nitrogens with one attached hydrogen (secondary N) is 1. The Labute approximate surface area is 116 Å². The van der Waals surface area contributed by atoms with Gasteiger partial charge in [0, 0.05) is 19.2 Å². The minimum Gasteiger partial charge on any atom is -0.489 e. The van der Waals surface area contributed by atoms with Gasteiger partial charge in [-0.25, -0.2) is 4.39 Å². The summed E-state index contributed by atoms with van der Waals surface area (Å²) in [6.07, 6.45) is 0.229. The van der Waals surface area contributed by atoms with Crippen LogP contribution in [0.25, 0.3) is 0 Å². The fraction of sp³-hybridized carbons (Fsp3) is 0.500. The van der Waals surface area contributed by atoms with Gasteiger partial charge in [-0.1, -0.05) is 0 Å². The van der Waals surface area contributed by atoms with Gasteiger partial charge in [0.1, 0.15) is 18.2 Å². The highest BCUT2D eigenvalue weighted by atomic mass is 19.1. The van der Waals surface area contributed by atoms with Crippen LogP contribution in [-0.4, -0.2) is 44.9 Å². The van der Waals surface area contributed by atoms with E-state index >= 15 is 0 Å². The van der Waals surface area contributed by atoms with Gasteiger partial charge in [0.15, 0.2) is 0 Å². The predicted molar refractivity (Wildman–Crippen MR) is 71.5 cm³/mol. The number of hydrogen-bond acceptors (Lipinski definition) is 4. The van der Waals surface area contributed by atoms with Crippen molar-refractivity contribution in [1.29, 1.82) is 0 Å². The molecule has 108 valence electrons. The summed E-state index contributed by atoms with van der Waals surface area (Å²) in [7, 11) is 0. The van der Waals surface area contributed by atoms with Crippen molar-refractivity contribution in [3.63, 3.8) is 0 Å². The van der Waals surface area contributed by atoms with E-state index in [1.54, 1.807) is 11.0 Å². The Morgan fingerprint density at radius 3 is 3.15 bits per heavy atom. The predicted octanol–water partition coefficient (Wildman–Crippen LogP) is 0.930. The van der Waals surface area contributed by atoms with Gasteiger partial charge in [-0.05, 0) is 12.1 Å². The summed E-state index contributed by atoms with van der Waals surface area (Å²) in [4.78, 5) is 14.0. The van der Waals surface area contributed by atoms with Crippen molar-refractivity contribution in [1.82, 2.24) is 5.32 Å². The van der Waals surface area contributed by atoms with Crippen LogP contribution in [-0.2, 0) is 9.53 Å². The third kappa shape index (κ3) is 2.76. The number of morpholine rings is 1. The van der Waals surface area contributed by atoms with Gasteiger partial charge in [-0.2, -0.15) is 0 Å². The second-order valence-electron chi connectivity index (χ2n) is 4.91. The number of hydrogen-bond donors (Lipinski definition) is 1. The molecule has 0 bridgehead atoms. The van der Waals surface area contributed by atoms with Crippen molar-refractivity contribution >= 4 is 11.6 Å². The molecule has 1 aromatic carbocycles. The molecule has 5 nitrogen and oxygen atoms in total. The van der Waals surface area contributed by atoms with Gasteiger partial charge < -0.3 is 19.7 Å². The quantitative estimate of drug-likeness (QED) is 0.875. The molecule has 1 amide bonds. The van der Waals surface area contributed by atoms with Gasteiger partial charge in [0.25, 0.3) is 0 Å². The Kier molecular flexibility index (Phi) is 3.84. The van der Waals surface area contributed by atoms with Crippen LogP contribution < -0.4 is 15.0 Å². The molecular formula is C14H17FN2O3. The van der Waals surface area contributed by atoms with Crippen LogP contribution in [0.3, 0.4) is 0 Å². The number of amides is 1. The summed E-state index contributed by atoms with van der Waals surface area (Å²) < 4.78 is 24.1. The molecule has 0 saturated carbocycles. The molecule has 20 heavy (non-hydrogen) atoms. The normalized spacial score (nSPS) is 22.1. The zero-order valence-corrected chi connectivity index (χ0v) is 11.1. The van der Waals surface area contributed by atoms with Crippen molar-refractivity contribution in [2.75, 3.05) is 37.7 Å². The lowest BCUT2D eigenvalue weighted by atomic mass is 10.1. The zero-order valence-electron chi connectivity index (χ0n) is 11.1. The number of anilines is 1. The van der Waals surface area contributed by atoms with E-state index in [-0.39, 0.29) is 17.8 Å². The van der Waals surface area contributed by atoms with Gasteiger partial charge in [0.2, 0.25) is 5.91 Å². The molecular weight excluding hydrogens is 263 g/mol. The molecule has 2 aliphatic heterocycles. The average Bonchev–Trinajstić information content (AvgIpc) is 2.47. The summed E-state index contributed by atoms with van der Waals surface area (Å²) in [5.74, 6) is 0.0417. The Bertz CT molecular complexity index is 503. The van der Waals surface area contributed by atoms with Crippen LogP contribution in [0, 0.1) is 5.82 Å². The van der Waals surface area contributed by atoms with Crippen LogP contribution in [0.15, 0.2) is 18.2 Å². The molecule has 1 saturated heterocycles. The monoisotopic (exact) mass is 280 g/mol. The van der Waals surface area contributed by atoms with Gasteiger partial charge >= 0.3 is 0 Å².